The highest BCUT2D eigenvalue weighted by atomic mass is 16.8. The molecule has 0 spiro atoms. The van der Waals surface area contributed by atoms with Crippen molar-refractivity contribution in [2.24, 2.45) is 0 Å². The van der Waals surface area contributed by atoms with Gasteiger partial charge in [0.1, 0.15) is 0 Å². The van der Waals surface area contributed by atoms with E-state index in [0.717, 1.165) is 5.56 Å². The van der Waals surface area contributed by atoms with Crippen molar-refractivity contribution in [1.82, 2.24) is 0 Å². The zero-order valence-corrected chi connectivity index (χ0v) is 10.2. The minimum absolute atomic E-state index is 0.202. The topological polar surface area (TPSA) is 74.0 Å². The van der Waals surface area contributed by atoms with Crippen LogP contribution in [0.15, 0.2) is 24.3 Å². The van der Waals surface area contributed by atoms with Gasteiger partial charge < -0.3 is 9.94 Å². The van der Waals surface area contributed by atoms with Crippen molar-refractivity contribution in [1.29, 1.82) is 0 Å². The zero-order chi connectivity index (χ0) is 13.1. The molecule has 1 atom stereocenters. The van der Waals surface area contributed by atoms with E-state index < -0.39 is 10.6 Å². The first kappa shape index (κ1) is 13.6. The lowest BCUT2D eigenvalue weighted by molar-refractivity contribution is -0.991. The third kappa shape index (κ3) is 3.03. The Morgan fingerprint density at radius 2 is 1.94 bits per heavy atom. The highest BCUT2D eigenvalue weighted by Crippen LogP contribution is 2.25. The van der Waals surface area contributed by atoms with Crippen molar-refractivity contribution >= 4 is 11.7 Å². The second-order valence-electron chi connectivity index (χ2n) is 4.23. The molecule has 0 radical (unpaired) electrons. The predicted molar refractivity (Wildman–Crippen MR) is 61.9 cm³/mol. The Morgan fingerprint density at radius 3 is 2.35 bits per heavy atom. The highest BCUT2D eigenvalue weighted by molar-refractivity contribution is 5.82. The van der Waals surface area contributed by atoms with Crippen LogP contribution in [0, 0.1) is 5.21 Å². The largest absolute Gasteiger partial charge is 0.595 e. The van der Waals surface area contributed by atoms with E-state index in [1.54, 1.807) is 32.9 Å². The van der Waals surface area contributed by atoms with Gasteiger partial charge in [0, 0.05) is 12.1 Å². The summed E-state index contributed by atoms with van der Waals surface area (Å²) in [6.07, 6.45) is 0. The Labute approximate surface area is 100 Å². The van der Waals surface area contributed by atoms with Gasteiger partial charge in [-0.15, -0.1) is 0 Å². The number of carbonyl (C=O) groups excluding carboxylic acids is 1. The molecule has 0 fully saturated rings. The fraction of sp³-hybridized carbons (Fsp3) is 0.417. The molecule has 0 saturated carbocycles. The van der Waals surface area contributed by atoms with Crippen LogP contribution in [0.5, 0.6) is 0 Å². The Kier molecular flexibility index (Phi) is 4.22. The molecule has 1 aromatic carbocycles. The van der Waals surface area contributed by atoms with Gasteiger partial charge in [-0.05, 0) is 26.3 Å². The number of ether oxygens (including phenoxy) is 1. The van der Waals surface area contributed by atoms with Gasteiger partial charge in [-0.25, -0.2) is 5.21 Å². The van der Waals surface area contributed by atoms with Crippen LogP contribution in [-0.4, -0.2) is 17.8 Å². The van der Waals surface area contributed by atoms with Gasteiger partial charge in [0.25, 0.3) is 0 Å². The maximum Gasteiger partial charge on any atom is 0.315 e. The van der Waals surface area contributed by atoms with Crippen molar-refractivity contribution in [2.75, 3.05) is 6.61 Å². The number of hydrogen-bond donors (Lipinski definition) is 2. The number of esters is 1. The summed E-state index contributed by atoms with van der Waals surface area (Å²) in [6.45, 7) is 5.58. The molecule has 0 aromatic heterocycles. The van der Waals surface area contributed by atoms with Crippen molar-refractivity contribution in [2.45, 2.75) is 26.2 Å². The first-order chi connectivity index (χ1) is 7.89. The highest BCUT2D eigenvalue weighted by Gasteiger charge is 2.31. The standard InChI is InChI=1S/C12H17NO4/c1-4-17-11(14)12(2,3)9-5-7-10(8-6-9)13(15)16/h5-8,13,15H,4H2,1-3H3. The Bertz CT molecular complexity index is 384. The minimum atomic E-state index is -0.981. The van der Waals surface area contributed by atoms with E-state index in [9.17, 15) is 10.0 Å². The molecule has 2 N–H and O–H groups in total. The van der Waals surface area contributed by atoms with Crippen LogP contribution >= 0.6 is 0 Å². The van der Waals surface area contributed by atoms with Crippen molar-refractivity contribution < 1.29 is 20.0 Å². The molecule has 0 aliphatic carbocycles. The van der Waals surface area contributed by atoms with E-state index in [2.05, 4.69) is 0 Å². The van der Waals surface area contributed by atoms with Crippen molar-refractivity contribution in [3.05, 3.63) is 35.0 Å². The average molecular weight is 239 g/mol. The number of benzene rings is 1. The number of hydrogen-bond acceptors (Lipinski definition) is 4. The third-order valence-electron chi connectivity index (χ3n) is 2.64. The van der Waals surface area contributed by atoms with Gasteiger partial charge in [-0.3, -0.25) is 4.79 Å². The molecule has 0 aliphatic heterocycles. The second kappa shape index (κ2) is 5.27. The second-order valence-corrected chi connectivity index (χ2v) is 4.23. The average Bonchev–Trinajstić information content (AvgIpc) is 2.29. The fourth-order valence-corrected chi connectivity index (χ4v) is 1.46. The van der Waals surface area contributed by atoms with E-state index in [1.807, 2.05) is 0 Å². The summed E-state index contributed by atoms with van der Waals surface area (Å²) >= 11 is 0. The van der Waals surface area contributed by atoms with Crippen molar-refractivity contribution in [3.63, 3.8) is 0 Å². The minimum Gasteiger partial charge on any atom is -0.595 e. The van der Waals surface area contributed by atoms with E-state index >= 15 is 0 Å². The Hall–Kier alpha value is -1.43. The molecular formula is C12H17NO4. The van der Waals surface area contributed by atoms with Gasteiger partial charge >= 0.3 is 5.97 Å². The van der Waals surface area contributed by atoms with Crippen LogP contribution in [0.4, 0.5) is 5.69 Å². The monoisotopic (exact) mass is 239 g/mol. The summed E-state index contributed by atoms with van der Waals surface area (Å²) in [7, 11) is 0. The van der Waals surface area contributed by atoms with E-state index in [1.165, 1.54) is 12.1 Å². The van der Waals surface area contributed by atoms with Crippen LogP contribution in [0.25, 0.3) is 0 Å². The molecule has 0 bridgehead atoms. The third-order valence-corrected chi connectivity index (χ3v) is 2.64. The summed E-state index contributed by atoms with van der Waals surface area (Å²) in [5.74, 6) is -0.317. The molecule has 0 amide bonds. The molecule has 94 valence electrons. The van der Waals surface area contributed by atoms with Gasteiger partial charge in [0.2, 0.25) is 0 Å². The predicted octanol–water partition coefficient (Wildman–Crippen LogP) is 0.931. The fourth-order valence-electron chi connectivity index (χ4n) is 1.46. The van der Waals surface area contributed by atoms with Gasteiger partial charge in [0.15, 0.2) is 5.69 Å². The summed E-state index contributed by atoms with van der Waals surface area (Å²) in [5.41, 5.74) is 0.168. The van der Waals surface area contributed by atoms with E-state index in [-0.39, 0.29) is 11.7 Å². The molecule has 0 heterocycles. The van der Waals surface area contributed by atoms with Crippen LogP contribution in [-0.2, 0) is 14.9 Å². The lowest BCUT2D eigenvalue weighted by Crippen LogP contribution is -2.99. The molecule has 1 unspecified atom stereocenters. The summed E-state index contributed by atoms with van der Waals surface area (Å²) < 4.78 is 4.98. The zero-order valence-electron chi connectivity index (χ0n) is 10.2. The SMILES string of the molecule is CCOC(=O)C(C)(C)c1ccc([NH+]([O-])O)cc1. The molecule has 0 aliphatic rings. The summed E-state index contributed by atoms with van der Waals surface area (Å²) in [4.78, 5) is 11.7. The quantitative estimate of drug-likeness (QED) is 0.605. The molecule has 1 aromatic rings. The Morgan fingerprint density at radius 1 is 1.41 bits per heavy atom. The molecule has 17 heavy (non-hydrogen) atoms. The lowest BCUT2D eigenvalue weighted by atomic mass is 9.85. The van der Waals surface area contributed by atoms with Gasteiger partial charge in [-0.2, -0.15) is 5.23 Å². The van der Waals surface area contributed by atoms with Crippen LogP contribution in [0.2, 0.25) is 0 Å². The molecule has 5 nitrogen and oxygen atoms in total. The van der Waals surface area contributed by atoms with Crippen molar-refractivity contribution in [3.8, 4) is 0 Å². The molecule has 5 heteroatoms. The smallest absolute Gasteiger partial charge is 0.315 e. The van der Waals surface area contributed by atoms with Crippen LogP contribution in [0.1, 0.15) is 26.3 Å². The number of carbonyl (C=O) groups is 1. The molecular weight excluding hydrogens is 222 g/mol. The first-order valence-electron chi connectivity index (χ1n) is 5.40. The maximum absolute atomic E-state index is 11.7. The Balaban J connectivity index is 2.95. The number of nitrogens with one attached hydrogen (secondary N) is 1. The first-order valence-corrected chi connectivity index (χ1v) is 5.40. The molecule has 0 saturated heterocycles. The van der Waals surface area contributed by atoms with Gasteiger partial charge in [-0.1, -0.05) is 12.1 Å². The number of rotatable bonds is 4. The van der Waals surface area contributed by atoms with Crippen LogP contribution < -0.4 is 5.23 Å². The van der Waals surface area contributed by atoms with E-state index in [4.69, 9.17) is 9.94 Å². The van der Waals surface area contributed by atoms with Crippen LogP contribution in [0.3, 0.4) is 0 Å². The lowest BCUT2D eigenvalue weighted by Gasteiger charge is -2.23. The van der Waals surface area contributed by atoms with Gasteiger partial charge in [0.05, 0.1) is 12.0 Å². The number of quaternary nitrogens is 1. The normalized spacial score (nSPS) is 13.2. The molecule has 1 rings (SSSR count). The summed E-state index contributed by atoms with van der Waals surface area (Å²) in [6, 6.07) is 6.25. The summed E-state index contributed by atoms with van der Waals surface area (Å²) in [5, 5.41) is 18.5. The van der Waals surface area contributed by atoms with E-state index in [0.29, 0.717) is 6.61 Å². The maximum atomic E-state index is 11.7.